The summed E-state index contributed by atoms with van der Waals surface area (Å²) in [4.78, 5) is 19.7. The lowest BCUT2D eigenvalue weighted by Crippen LogP contribution is -2.32. The van der Waals surface area contributed by atoms with Gasteiger partial charge in [0, 0.05) is 23.2 Å². The standard InChI is InChI=1S/C24H30N4/c1-21(2)15-7-9-23(21,5)17-13(15)11-25-19(27-17)20-26-12-14-16-8-10-24(6,18(14)28-20)22(16,3)4/h11-12,15-16H,7-10H2,1-6H3/t15-,16-,23+,24+/m1/s1. The van der Waals surface area contributed by atoms with Crippen LogP contribution in [0.2, 0.25) is 0 Å². The van der Waals surface area contributed by atoms with Crippen LogP contribution in [0.1, 0.15) is 102 Å². The van der Waals surface area contributed by atoms with Crippen LogP contribution in [0.5, 0.6) is 0 Å². The molecule has 146 valence electrons. The van der Waals surface area contributed by atoms with Gasteiger partial charge in [-0.3, -0.25) is 0 Å². The van der Waals surface area contributed by atoms with Gasteiger partial charge in [0.2, 0.25) is 0 Å². The number of aromatic nitrogens is 4. The molecule has 0 radical (unpaired) electrons. The van der Waals surface area contributed by atoms with Gasteiger partial charge in [-0.15, -0.1) is 0 Å². The molecule has 4 atom stereocenters. The van der Waals surface area contributed by atoms with Gasteiger partial charge in [0.15, 0.2) is 11.6 Å². The quantitative estimate of drug-likeness (QED) is 0.681. The molecule has 0 N–H and O–H groups in total. The van der Waals surface area contributed by atoms with E-state index in [1.807, 2.05) is 0 Å². The zero-order valence-electron chi connectivity index (χ0n) is 17.9. The number of hydrogen-bond acceptors (Lipinski definition) is 4. The average molecular weight is 375 g/mol. The van der Waals surface area contributed by atoms with E-state index in [0.29, 0.717) is 23.5 Å². The third-order valence-corrected chi connectivity index (χ3v) is 10.1. The van der Waals surface area contributed by atoms with Gasteiger partial charge >= 0.3 is 0 Å². The molecule has 0 aromatic carbocycles. The predicted molar refractivity (Wildman–Crippen MR) is 109 cm³/mol. The van der Waals surface area contributed by atoms with Gasteiger partial charge < -0.3 is 0 Å². The van der Waals surface area contributed by atoms with E-state index in [4.69, 9.17) is 19.9 Å². The highest BCUT2D eigenvalue weighted by Gasteiger charge is 2.62. The van der Waals surface area contributed by atoms with Gasteiger partial charge in [-0.25, -0.2) is 19.9 Å². The smallest absolute Gasteiger partial charge is 0.197 e. The van der Waals surface area contributed by atoms with Crippen molar-refractivity contribution in [3.8, 4) is 11.6 Å². The second-order valence-corrected chi connectivity index (χ2v) is 11.3. The second-order valence-electron chi connectivity index (χ2n) is 11.3. The van der Waals surface area contributed by atoms with Crippen molar-refractivity contribution in [3.63, 3.8) is 0 Å². The Hall–Kier alpha value is -1.84. The highest BCUT2D eigenvalue weighted by Crippen LogP contribution is 2.68. The molecular weight excluding hydrogens is 344 g/mol. The van der Waals surface area contributed by atoms with Gasteiger partial charge in [0.25, 0.3) is 0 Å². The molecule has 0 saturated heterocycles. The van der Waals surface area contributed by atoms with Crippen LogP contribution in [-0.2, 0) is 10.8 Å². The van der Waals surface area contributed by atoms with Crippen LogP contribution in [-0.4, -0.2) is 19.9 Å². The Morgan fingerprint density at radius 3 is 1.46 bits per heavy atom. The molecule has 4 aliphatic rings. The second kappa shape index (κ2) is 4.66. The van der Waals surface area contributed by atoms with E-state index in [1.165, 1.54) is 48.2 Å². The normalized spacial score (nSPS) is 37.9. The van der Waals surface area contributed by atoms with Crippen molar-refractivity contribution in [2.24, 2.45) is 10.8 Å². The summed E-state index contributed by atoms with van der Waals surface area (Å²) in [5.41, 5.74) is 5.97. The van der Waals surface area contributed by atoms with Crippen molar-refractivity contribution < 1.29 is 0 Å². The zero-order chi connectivity index (χ0) is 19.7. The Morgan fingerprint density at radius 1 is 0.679 bits per heavy atom. The fourth-order valence-electron chi connectivity index (χ4n) is 7.33. The maximum atomic E-state index is 5.08. The van der Waals surface area contributed by atoms with Crippen molar-refractivity contribution in [1.29, 1.82) is 0 Å². The topological polar surface area (TPSA) is 51.6 Å². The van der Waals surface area contributed by atoms with Gasteiger partial charge in [-0.05, 0) is 59.5 Å². The molecule has 2 saturated carbocycles. The van der Waals surface area contributed by atoms with E-state index in [2.05, 4.69) is 53.9 Å². The molecule has 2 fully saturated rings. The Morgan fingerprint density at radius 2 is 1.07 bits per heavy atom. The summed E-state index contributed by atoms with van der Waals surface area (Å²) >= 11 is 0. The average Bonchev–Trinajstić information content (AvgIpc) is 3.17. The number of rotatable bonds is 1. The highest BCUT2D eigenvalue weighted by molar-refractivity contribution is 5.53. The van der Waals surface area contributed by atoms with Crippen LogP contribution >= 0.6 is 0 Å². The number of hydrogen-bond donors (Lipinski definition) is 0. The molecular formula is C24H30N4. The highest BCUT2D eigenvalue weighted by atomic mass is 15.0. The summed E-state index contributed by atoms with van der Waals surface area (Å²) in [6.45, 7) is 14.4. The summed E-state index contributed by atoms with van der Waals surface area (Å²) in [5, 5.41) is 0. The molecule has 28 heavy (non-hydrogen) atoms. The third-order valence-electron chi connectivity index (χ3n) is 10.1. The van der Waals surface area contributed by atoms with Gasteiger partial charge in [0.1, 0.15) is 0 Å². The summed E-state index contributed by atoms with van der Waals surface area (Å²) in [6.07, 6.45) is 9.08. The van der Waals surface area contributed by atoms with Crippen LogP contribution in [0.3, 0.4) is 0 Å². The van der Waals surface area contributed by atoms with Gasteiger partial charge in [-0.2, -0.15) is 0 Å². The molecule has 4 nitrogen and oxygen atoms in total. The fourth-order valence-corrected chi connectivity index (χ4v) is 7.33. The lowest BCUT2D eigenvalue weighted by Gasteiger charge is -2.34. The van der Waals surface area contributed by atoms with E-state index in [0.717, 1.165) is 0 Å². The zero-order valence-corrected chi connectivity index (χ0v) is 17.9. The Labute approximate surface area is 167 Å². The van der Waals surface area contributed by atoms with Gasteiger partial charge in [-0.1, -0.05) is 41.5 Å². The van der Waals surface area contributed by atoms with E-state index >= 15 is 0 Å². The largest absolute Gasteiger partial charge is 0.233 e. The first-order valence-electron chi connectivity index (χ1n) is 10.9. The van der Waals surface area contributed by atoms with Crippen LogP contribution in [0.15, 0.2) is 12.4 Å². The lowest BCUT2D eigenvalue weighted by molar-refractivity contribution is 0.227. The fraction of sp³-hybridized carbons (Fsp3) is 0.667. The molecule has 4 heteroatoms. The van der Waals surface area contributed by atoms with E-state index < -0.39 is 0 Å². The molecule has 0 spiro atoms. The van der Waals surface area contributed by atoms with Crippen molar-refractivity contribution >= 4 is 0 Å². The predicted octanol–water partition coefficient (Wildman–Crippen LogP) is 5.28. The van der Waals surface area contributed by atoms with Crippen LogP contribution in [0.25, 0.3) is 11.6 Å². The van der Waals surface area contributed by atoms with Crippen molar-refractivity contribution in [3.05, 3.63) is 34.9 Å². The molecule has 4 bridgehead atoms. The Balaban J connectivity index is 1.48. The minimum absolute atomic E-state index is 0.133. The van der Waals surface area contributed by atoms with E-state index in [1.54, 1.807) is 0 Å². The maximum absolute atomic E-state index is 5.08. The van der Waals surface area contributed by atoms with Crippen LogP contribution < -0.4 is 0 Å². The monoisotopic (exact) mass is 374 g/mol. The molecule has 0 aliphatic heterocycles. The first-order valence-corrected chi connectivity index (χ1v) is 10.9. The summed E-state index contributed by atoms with van der Waals surface area (Å²) in [7, 11) is 0. The van der Waals surface area contributed by atoms with Crippen LogP contribution in [0.4, 0.5) is 0 Å². The first kappa shape index (κ1) is 17.1. The number of fused-ring (bicyclic) bond motifs is 10. The molecule has 2 heterocycles. The molecule has 0 amide bonds. The van der Waals surface area contributed by atoms with Crippen molar-refractivity contribution in [1.82, 2.24) is 19.9 Å². The first-order chi connectivity index (χ1) is 13.1. The lowest BCUT2D eigenvalue weighted by atomic mass is 9.70. The van der Waals surface area contributed by atoms with Crippen molar-refractivity contribution in [2.45, 2.75) is 89.9 Å². The third kappa shape index (κ3) is 1.59. The summed E-state index contributed by atoms with van der Waals surface area (Å²) in [5.74, 6) is 2.57. The Bertz CT molecular complexity index is 955. The molecule has 0 unspecified atom stereocenters. The van der Waals surface area contributed by atoms with Crippen molar-refractivity contribution in [2.75, 3.05) is 0 Å². The molecule has 2 aromatic rings. The molecule has 2 aromatic heterocycles. The Kier molecular flexibility index (Phi) is 2.84. The van der Waals surface area contributed by atoms with Gasteiger partial charge in [0.05, 0.1) is 11.4 Å². The summed E-state index contributed by atoms with van der Waals surface area (Å²) < 4.78 is 0. The van der Waals surface area contributed by atoms with E-state index in [9.17, 15) is 0 Å². The SMILES string of the molecule is CC1(C)[C@@H]2CC[C@@]1(C)c1nc(-c3ncc4c(n3)[C@]3(C)CC[C@H]4C3(C)C)ncc12. The van der Waals surface area contributed by atoms with E-state index in [-0.39, 0.29) is 21.7 Å². The van der Waals surface area contributed by atoms with Crippen LogP contribution in [0, 0.1) is 10.8 Å². The minimum Gasteiger partial charge on any atom is -0.233 e. The molecule has 6 rings (SSSR count). The summed E-state index contributed by atoms with van der Waals surface area (Å²) in [6, 6.07) is 0. The maximum Gasteiger partial charge on any atom is 0.197 e. The molecule has 4 aliphatic carbocycles. The number of nitrogens with zero attached hydrogens (tertiary/aromatic N) is 4. The minimum atomic E-state index is 0.133.